The van der Waals surface area contributed by atoms with Crippen molar-refractivity contribution < 1.29 is 4.74 Å². The van der Waals surface area contributed by atoms with Gasteiger partial charge in [-0.3, -0.25) is 4.99 Å². The molecule has 0 saturated carbocycles. The first kappa shape index (κ1) is 11.0. The van der Waals surface area contributed by atoms with Gasteiger partial charge in [0.05, 0.1) is 12.6 Å². The predicted octanol–water partition coefficient (Wildman–Crippen LogP) is 2.21. The van der Waals surface area contributed by atoms with E-state index >= 15 is 0 Å². The summed E-state index contributed by atoms with van der Waals surface area (Å²) in [6.07, 6.45) is 1.29. The van der Waals surface area contributed by atoms with Crippen LogP contribution in [0.25, 0.3) is 0 Å². The molecule has 0 spiro atoms. The van der Waals surface area contributed by atoms with Gasteiger partial charge in [-0.25, -0.2) is 0 Å². The van der Waals surface area contributed by atoms with Crippen LogP contribution in [0.3, 0.4) is 0 Å². The van der Waals surface area contributed by atoms with E-state index in [1.807, 2.05) is 12.1 Å². The number of hydrogen-bond donors (Lipinski definition) is 1. The average molecular weight is 218 g/mol. The Labute approximate surface area is 96.5 Å². The quantitative estimate of drug-likeness (QED) is 0.840. The summed E-state index contributed by atoms with van der Waals surface area (Å²) in [5.74, 6) is 1.92. The number of hydrogen-bond acceptors (Lipinski definition) is 3. The topological polar surface area (TPSA) is 33.6 Å². The third kappa shape index (κ3) is 2.54. The molecule has 1 unspecified atom stereocenters. The van der Waals surface area contributed by atoms with Crippen LogP contribution in [0.2, 0.25) is 0 Å². The summed E-state index contributed by atoms with van der Waals surface area (Å²) < 4.78 is 5.72. The van der Waals surface area contributed by atoms with E-state index < -0.39 is 0 Å². The molecule has 3 heteroatoms. The molecule has 1 N–H and O–H groups in total. The molecule has 0 radical (unpaired) electrons. The molecule has 1 aliphatic rings. The molecule has 0 aliphatic carbocycles. The van der Waals surface area contributed by atoms with Crippen molar-refractivity contribution in [2.45, 2.75) is 26.4 Å². The fraction of sp³-hybridized carbons (Fsp3) is 0.462. The first-order valence-corrected chi connectivity index (χ1v) is 5.85. The lowest BCUT2D eigenvalue weighted by atomic mass is 10.2. The van der Waals surface area contributed by atoms with E-state index in [9.17, 15) is 0 Å². The lowest BCUT2D eigenvalue weighted by molar-refractivity contribution is 0.217. The SMILES string of the molecule is CCC(C)Oc1ccc(C2=NCCN2)cc1. The van der Waals surface area contributed by atoms with Crippen LogP contribution >= 0.6 is 0 Å². The zero-order chi connectivity index (χ0) is 11.4. The van der Waals surface area contributed by atoms with E-state index in [1.54, 1.807) is 0 Å². The molecule has 0 saturated heterocycles. The summed E-state index contributed by atoms with van der Waals surface area (Å²) in [5.41, 5.74) is 1.13. The Morgan fingerprint density at radius 3 is 2.69 bits per heavy atom. The van der Waals surface area contributed by atoms with Crippen molar-refractivity contribution >= 4 is 5.84 Å². The highest BCUT2D eigenvalue weighted by atomic mass is 16.5. The number of aliphatic imine (C=N–C) groups is 1. The molecule has 1 aromatic rings. The van der Waals surface area contributed by atoms with Crippen molar-refractivity contribution in [3.8, 4) is 5.75 Å². The molecular weight excluding hydrogens is 200 g/mol. The van der Waals surface area contributed by atoms with Gasteiger partial charge >= 0.3 is 0 Å². The molecular formula is C13H18N2O. The molecule has 0 bridgehead atoms. The highest BCUT2D eigenvalue weighted by Crippen LogP contribution is 2.15. The number of nitrogens with one attached hydrogen (secondary N) is 1. The van der Waals surface area contributed by atoms with Gasteiger partial charge in [-0.2, -0.15) is 0 Å². The maximum Gasteiger partial charge on any atom is 0.128 e. The highest BCUT2D eigenvalue weighted by Gasteiger charge is 2.08. The Kier molecular flexibility index (Phi) is 3.44. The molecule has 86 valence electrons. The van der Waals surface area contributed by atoms with Crippen molar-refractivity contribution in [2.24, 2.45) is 4.99 Å². The summed E-state index contributed by atoms with van der Waals surface area (Å²) in [7, 11) is 0. The average Bonchev–Trinajstić information content (AvgIpc) is 2.83. The zero-order valence-corrected chi connectivity index (χ0v) is 9.86. The molecule has 0 aromatic heterocycles. The number of amidine groups is 1. The Bertz CT molecular complexity index is 370. The summed E-state index contributed by atoms with van der Waals surface area (Å²) in [5, 5.41) is 3.25. The van der Waals surface area contributed by atoms with Gasteiger partial charge in [0.15, 0.2) is 0 Å². The van der Waals surface area contributed by atoms with Crippen molar-refractivity contribution in [2.75, 3.05) is 13.1 Å². The van der Waals surface area contributed by atoms with Gasteiger partial charge in [0.2, 0.25) is 0 Å². The molecule has 0 fully saturated rings. The minimum atomic E-state index is 0.271. The predicted molar refractivity (Wildman–Crippen MR) is 66.2 cm³/mol. The molecule has 1 heterocycles. The molecule has 1 atom stereocenters. The van der Waals surface area contributed by atoms with E-state index in [-0.39, 0.29) is 6.10 Å². The summed E-state index contributed by atoms with van der Waals surface area (Å²) in [4.78, 5) is 4.38. The van der Waals surface area contributed by atoms with Crippen molar-refractivity contribution in [3.05, 3.63) is 29.8 Å². The van der Waals surface area contributed by atoms with Crippen LogP contribution < -0.4 is 10.1 Å². The standard InChI is InChI=1S/C13H18N2O/c1-3-10(2)16-12-6-4-11(5-7-12)13-14-8-9-15-13/h4-7,10H,3,8-9H2,1-2H3,(H,14,15). The molecule has 16 heavy (non-hydrogen) atoms. The first-order chi connectivity index (χ1) is 7.79. The maximum absolute atomic E-state index is 5.72. The van der Waals surface area contributed by atoms with Gasteiger partial charge in [-0.15, -0.1) is 0 Å². The lowest BCUT2D eigenvalue weighted by Crippen LogP contribution is -2.19. The fourth-order valence-electron chi connectivity index (χ4n) is 1.60. The Balaban J connectivity index is 2.04. The minimum absolute atomic E-state index is 0.271. The number of nitrogens with zero attached hydrogens (tertiary/aromatic N) is 1. The molecule has 0 amide bonds. The van der Waals surface area contributed by atoms with Crippen molar-refractivity contribution in [3.63, 3.8) is 0 Å². The number of rotatable bonds is 4. The van der Waals surface area contributed by atoms with Gasteiger partial charge in [0.1, 0.15) is 11.6 Å². The third-order valence-electron chi connectivity index (χ3n) is 2.71. The van der Waals surface area contributed by atoms with Crippen LogP contribution in [-0.4, -0.2) is 25.0 Å². The van der Waals surface area contributed by atoms with E-state index in [0.29, 0.717) is 0 Å². The zero-order valence-electron chi connectivity index (χ0n) is 9.86. The van der Waals surface area contributed by atoms with Crippen LogP contribution in [0.5, 0.6) is 5.75 Å². The Morgan fingerprint density at radius 2 is 2.12 bits per heavy atom. The maximum atomic E-state index is 5.72. The Hall–Kier alpha value is -1.51. The van der Waals surface area contributed by atoms with Crippen LogP contribution in [-0.2, 0) is 0 Å². The van der Waals surface area contributed by atoms with Crippen molar-refractivity contribution in [1.82, 2.24) is 5.32 Å². The van der Waals surface area contributed by atoms with Crippen LogP contribution in [0, 0.1) is 0 Å². The molecule has 3 nitrogen and oxygen atoms in total. The van der Waals surface area contributed by atoms with Gasteiger partial charge in [-0.1, -0.05) is 6.92 Å². The van der Waals surface area contributed by atoms with Crippen LogP contribution in [0.4, 0.5) is 0 Å². The molecule has 2 rings (SSSR count). The lowest BCUT2D eigenvalue weighted by Gasteiger charge is -2.12. The Morgan fingerprint density at radius 1 is 1.38 bits per heavy atom. The number of benzene rings is 1. The second-order valence-corrected chi connectivity index (χ2v) is 4.02. The smallest absolute Gasteiger partial charge is 0.128 e. The molecule has 1 aromatic carbocycles. The third-order valence-corrected chi connectivity index (χ3v) is 2.71. The second-order valence-electron chi connectivity index (χ2n) is 4.02. The summed E-state index contributed by atoms with van der Waals surface area (Å²) in [6, 6.07) is 8.11. The van der Waals surface area contributed by atoms with Crippen LogP contribution in [0.15, 0.2) is 29.3 Å². The monoisotopic (exact) mass is 218 g/mol. The molecule has 1 aliphatic heterocycles. The highest BCUT2D eigenvalue weighted by molar-refractivity contribution is 5.99. The van der Waals surface area contributed by atoms with Gasteiger partial charge in [0, 0.05) is 12.1 Å². The first-order valence-electron chi connectivity index (χ1n) is 5.85. The largest absolute Gasteiger partial charge is 0.491 e. The van der Waals surface area contributed by atoms with E-state index in [2.05, 4.69) is 36.3 Å². The minimum Gasteiger partial charge on any atom is -0.491 e. The second kappa shape index (κ2) is 5.01. The fourth-order valence-corrected chi connectivity index (χ4v) is 1.60. The van der Waals surface area contributed by atoms with Gasteiger partial charge in [-0.05, 0) is 37.6 Å². The summed E-state index contributed by atoms with van der Waals surface area (Å²) >= 11 is 0. The van der Waals surface area contributed by atoms with E-state index in [1.165, 1.54) is 0 Å². The summed E-state index contributed by atoms with van der Waals surface area (Å²) in [6.45, 7) is 6.02. The van der Waals surface area contributed by atoms with Gasteiger partial charge < -0.3 is 10.1 Å². The van der Waals surface area contributed by atoms with Gasteiger partial charge in [0.25, 0.3) is 0 Å². The number of ether oxygens (including phenoxy) is 1. The van der Waals surface area contributed by atoms with E-state index in [4.69, 9.17) is 4.74 Å². The van der Waals surface area contributed by atoms with E-state index in [0.717, 1.165) is 36.7 Å². The van der Waals surface area contributed by atoms with Crippen LogP contribution in [0.1, 0.15) is 25.8 Å². The van der Waals surface area contributed by atoms with Crippen molar-refractivity contribution in [1.29, 1.82) is 0 Å². The normalized spacial score (nSPS) is 16.5.